The molecule has 0 fully saturated rings. The zero-order chi connectivity index (χ0) is 17.0. The Hall–Kier alpha value is -2.73. The summed E-state index contributed by atoms with van der Waals surface area (Å²) in [4.78, 5) is 0. The summed E-state index contributed by atoms with van der Waals surface area (Å²) in [6.45, 7) is 4.88. The lowest BCUT2D eigenvalue weighted by Gasteiger charge is -2.25. The molecule has 124 valence electrons. The van der Waals surface area contributed by atoms with Crippen LogP contribution in [0.4, 0.5) is 0 Å². The van der Waals surface area contributed by atoms with Crippen LogP contribution in [0.5, 0.6) is 5.75 Å². The van der Waals surface area contributed by atoms with E-state index in [0.29, 0.717) is 0 Å². The molecular formula is C18H21N5O. The normalized spacial score (nSPS) is 11.5. The number of ether oxygens (including phenoxy) is 1. The average molecular weight is 323 g/mol. The Morgan fingerprint density at radius 1 is 1.04 bits per heavy atom. The standard InChI is InChI=1S/C18H21N5O/c1-18(2,19-13-14-7-5-4-6-8-14)17-20-21-22-23(17)15-9-11-16(24-3)12-10-15/h4-12,19H,13H2,1-3H3. The zero-order valence-corrected chi connectivity index (χ0v) is 14.1. The van der Waals surface area contributed by atoms with E-state index in [9.17, 15) is 0 Å². The third-order valence-electron chi connectivity index (χ3n) is 3.92. The third-order valence-corrected chi connectivity index (χ3v) is 3.92. The first-order chi connectivity index (χ1) is 11.6. The van der Waals surface area contributed by atoms with Crippen molar-refractivity contribution in [2.24, 2.45) is 0 Å². The van der Waals surface area contributed by atoms with Gasteiger partial charge in [0.15, 0.2) is 5.82 Å². The van der Waals surface area contributed by atoms with Crippen molar-refractivity contribution in [1.29, 1.82) is 0 Å². The van der Waals surface area contributed by atoms with Gasteiger partial charge in [0.2, 0.25) is 0 Å². The lowest BCUT2D eigenvalue weighted by Crippen LogP contribution is -2.38. The van der Waals surface area contributed by atoms with Gasteiger partial charge in [0, 0.05) is 6.54 Å². The van der Waals surface area contributed by atoms with Crippen molar-refractivity contribution in [1.82, 2.24) is 25.5 Å². The molecular weight excluding hydrogens is 302 g/mol. The molecule has 0 aliphatic heterocycles. The maximum atomic E-state index is 5.20. The number of nitrogens with one attached hydrogen (secondary N) is 1. The molecule has 0 spiro atoms. The summed E-state index contributed by atoms with van der Waals surface area (Å²) in [5.41, 5.74) is 1.72. The van der Waals surface area contributed by atoms with Crippen molar-refractivity contribution in [2.75, 3.05) is 7.11 Å². The molecule has 3 rings (SSSR count). The summed E-state index contributed by atoms with van der Waals surface area (Å²) in [5.74, 6) is 1.55. The van der Waals surface area contributed by atoms with Gasteiger partial charge >= 0.3 is 0 Å². The average Bonchev–Trinajstić information content (AvgIpc) is 3.12. The molecule has 1 aromatic heterocycles. The number of hydrogen-bond acceptors (Lipinski definition) is 5. The van der Waals surface area contributed by atoms with E-state index in [0.717, 1.165) is 23.8 Å². The second-order valence-corrected chi connectivity index (χ2v) is 6.08. The highest BCUT2D eigenvalue weighted by Crippen LogP contribution is 2.22. The van der Waals surface area contributed by atoms with Crippen molar-refractivity contribution < 1.29 is 4.74 Å². The second kappa shape index (κ2) is 6.80. The highest BCUT2D eigenvalue weighted by Gasteiger charge is 2.27. The third kappa shape index (κ3) is 3.44. The molecule has 0 amide bonds. The van der Waals surface area contributed by atoms with Gasteiger partial charge in [0.25, 0.3) is 0 Å². The van der Waals surface area contributed by atoms with E-state index in [1.54, 1.807) is 11.8 Å². The maximum Gasteiger partial charge on any atom is 0.176 e. The molecule has 2 aromatic carbocycles. The number of tetrazole rings is 1. The molecule has 6 nitrogen and oxygen atoms in total. The minimum atomic E-state index is -0.390. The molecule has 0 unspecified atom stereocenters. The van der Waals surface area contributed by atoms with Crippen LogP contribution in [0.1, 0.15) is 25.2 Å². The monoisotopic (exact) mass is 323 g/mol. The van der Waals surface area contributed by atoms with Gasteiger partial charge in [-0.1, -0.05) is 30.3 Å². The van der Waals surface area contributed by atoms with Crippen molar-refractivity contribution >= 4 is 0 Å². The molecule has 6 heteroatoms. The Labute approximate surface area is 141 Å². The van der Waals surface area contributed by atoms with Gasteiger partial charge in [0.05, 0.1) is 18.3 Å². The maximum absolute atomic E-state index is 5.20. The van der Waals surface area contributed by atoms with Crippen molar-refractivity contribution in [3.05, 3.63) is 66.0 Å². The highest BCUT2D eigenvalue weighted by atomic mass is 16.5. The van der Waals surface area contributed by atoms with Crippen LogP contribution in [0.3, 0.4) is 0 Å². The van der Waals surface area contributed by atoms with Crippen LogP contribution in [-0.2, 0) is 12.1 Å². The SMILES string of the molecule is COc1ccc(-n2nnnc2C(C)(C)NCc2ccccc2)cc1. The van der Waals surface area contributed by atoms with Crippen LogP contribution in [-0.4, -0.2) is 27.3 Å². The fourth-order valence-electron chi connectivity index (χ4n) is 2.47. The van der Waals surface area contributed by atoms with E-state index in [2.05, 4.69) is 46.8 Å². The number of methoxy groups -OCH3 is 1. The molecule has 0 saturated heterocycles. The van der Waals surface area contributed by atoms with E-state index in [1.807, 2.05) is 42.5 Å². The molecule has 24 heavy (non-hydrogen) atoms. The smallest absolute Gasteiger partial charge is 0.176 e. The Bertz CT molecular complexity index is 781. The van der Waals surface area contributed by atoms with Crippen molar-refractivity contribution in [3.8, 4) is 11.4 Å². The first-order valence-corrected chi connectivity index (χ1v) is 7.82. The number of rotatable bonds is 6. The van der Waals surface area contributed by atoms with Gasteiger partial charge in [-0.25, -0.2) is 0 Å². The molecule has 0 saturated carbocycles. The number of aromatic nitrogens is 4. The predicted octanol–water partition coefficient (Wildman–Crippen LogP) is 2.70. The molecule has 0 atom stereocenters. The lowest BCUT2D eigenvalue weighted by molar-refractivity contribution is 0.370. The molecule has 0 bridgehead atoms. The number of benzene rings is 2. The van der Waals surface area contributed by atoms with Crippen LogP contribution in [0.2, 0.25) is 0 Å². The summed E-state index contributed by atoms with van der Waals surface area (Å²) in [5, 5.41) is 15.7. The molecule has 0 radical (unpaired) electrons. The van der Waals surface area contributed by atoms with E-state index in [-0.39, 0.29) is 5.54 Å². The Balaban J connectivity index is 1.82. The molecule has 1 N–H and O–H groups in total. The number of hydrogen-bond donors (Lipinski definition) is 1. The summed E-state index contributed by atoms with van der Waals surface area (Å²) < 4.78 is 6.95. The fraction of sp³-hybridized carbons (Fsp3) is 0.278. The quantitative estimate of drug-likeness (QED) is 0.755. The van der Waals surface area contributed by atoms with Gasteiger partial charge in [-0.05, 0) is 54.1 Å². The van der Waals surface area contributed by atoms with Gasteiger partial charge in [-0.3, -0.25) is 0 Å². The van der Waals surface area contributed by atoms with Crippen LogP contribution >= 0.6 is 0 Å². The van der Waals surface area contributed by atoms with E-state index >= 15 is 0 Å². The Morgan fingerprint density at radius 3 is 2.42 bits per heavy atom. The van der Waals surface area contributed by atoms with Gasteiger partial charge in [-0.2, -0.15) is 4.68 Å². The van der Waals surface area contributed by atoms with Gasteiger partial charge in [0.1, 0.15) is 5.75 Å². The van der Waals surface area contributed by atoms with Crippen molar-refractivity contribution in [3.63, 3.8) is 0 Å². The molecule has 3 aromatic rings. The van der Waals surface area contributed by atoms with Crippen molar-refractivity contribution in [2.45, 2.75) is 25.9 Å². The minimum Gasteiger partial charge on any atom is -0.497 e. The summed E-state index contributed by atoms with van der Waals surface area (Å²) >= 11 is 0. The summed E-state index contributed by atoms with van der Waals surface area (Å²) in [7, 11) is 1.65. The van der Waals surface area contributed by atoms with E-state index < -0.39 is 0 Å². The first kappa shape index (κ1) is 16.1. The Kier molecular flexibility index (Phi) is 4.57. The van der Waals surface area contributed by atoms with Gasteiger partial charge in [-0.15, -0.1) is 5.10 Å². The second-order valence-electron chi connectivity index (χ2n) is 6.08. The molecule has 0 aliphatic carbocycles. The van der Waals surface area contributed by atoms with E-state index in [4.69, 9.17) is 4.74 Å². The minimum absolute atomic E-state index is 0.390. The molecule has 0 aliphatic rings. The Morgan fingerprint density at radius 2 is 1.75 bits per heavy atom. The topological polar surface area (TPSA) is 64.9 Å². The summed E-state index contributed by atoms with van der Waals surface area (Å²) in [6, 6.07) is 17.9. The summed E-state index contributed by atoms with van der Waals surface area (Å²) in [6.07, 6.45) is 0. The van der Waals surface area contributed by atoms with E-state index in [1.165, 1.54) is 5.56 Å². The predicted molar refractivity (Wildman–Crippen MR) is 92.0 cm³/mol. The highest BCUT2D eigenvalue weighted by molar-refractivity contribution is 5.37. The van der Waals surface area contributed by atoms with Crippen LogP contribution in [0.15, 0.2) is 54.6 Å². The van der Waals surface area contributed by atoms with Gasteiger partial charge < -0.3 is 10.1 Å². The van der Waals surface area contributed by atoms with Crippen LogP contribution in [0.25, 0.3) is 5.69 Å². The number of nitrogens with zero attached hydrogens (tertiary/aromatic N) is 4. The lowest BCUT2D eigenvalue weighted by atomic mass is 10.0. The van der Waals surface area contributed by atoms with Crippen LogP contribution < -0.4 is 10.1 Å². The van der Waals surface area contributed by atoms with Crippen LogP contribution in [0, 0.1) is 0 Å². The molecule has 1 heterocycles. The zero-order valence-electron chi connectivity index (χ0n) is 14.1. The largest absolute Gasteiger partial charge is 0.497 e. The first-order valence-electron chi connectivity index (χ1n) is 7.82. The fourth-order valence-corrected chi connectivity index (χ4v) is 2.47.